The molecule has 2 heterocycles. The molecule has 2 bridgehead atoms. The lowest BCUT2D eigenvalue weighted by Crippen LogP contribution is -2.45. The van der Waals surface area contributed by atoms with Gasteiger partial charge in [-0.3, -0.25) is 9.63 Å². The van der Waals surface area contributed by atoms with E-state index in [1.165, 1.54) is 6.42 Å². The smallest absolute Gasteiger partial charge is 0.267 e. The Morgan fingerprint density at radius 2 is 1.89 bits per heavy atom. The second-order valence-electron chi connectivity index (χ2n) is 4.88. The second kappa shape index (κ2) is 4.94. The van der Waals surface area contributed by atoms with Gasteiger partial charge in [-0.05, 0) is 25.0 Å². The van der Waals surface area contributed by atoms with Crippen LogP contribution in [0.2, 0.25) is 0 Å². The van der Waals surface area contributed by atoms with Gasteiger partial charge in [0.25, 0.3) is 5.91 Å². The molecular weight excluding hydrogens is 226 g/mol. The van der Waals surface area contributed by atoms with Gasteiger partial charge in [-0.1, -0.05) is 43.2 Å². The van der Waals surface area contributed by atoms with Crippen LogP contribution in [0.15, 0.2) is 42.5 Å². The van der Waals surface area contributed by atoms with Crippen molar-refractivity contribution in [1.82, 2.24) is 5.06 Å². The molecule has 94 valence electrons. The van der Waals surface area contributed by atoms with E-state index in [0.717, 1.165) is 19.3 Å². The average Bonchev–Trinajstić information content (AvgIpc) is 2.39. The molecular formula is C15H17NO2. The van der Waals surface area contributed by atoms with E-state index in [1.54, 1.807) is 5.06 Å². The summed E-state index contributed by atoms with van der Waals surface area (Å²) in [6.45, 7) is 0. The Morgan fingerprint density at radius 1 is 1.11 bits per heavy atom. The molecule has 4 rings (SSSR count). The number of nitrogens with zero attached hydrogens (tertiary/aromatic N) is 1. The van der Waals surface area contributed by atoms with Crippen molar-refractivity contribution in [2.45, 2.75) is 37.8 Å². The van der Waals surface area contributed by atoms with Crippen LogP contribution in [0.5, 0.6) is 0 Å². The van der Waals surface area contributed by atoms with Crippen molar-refractivity contribution in [3.05, 3.63) is 48.0 Å². The molecule has 3 nitrogen and oxygen atoms in total. The normalized spacial score (nSPS) is 26.8. The van der Waals surface area contributed by atoms with Crippen LogP contribution in [-0.4, -0.2) is 23.1 Å². The third-order valence-electron chi connectivity index (χ3n) is 3.56. The number of hydroxylamine groups is 2. The minimum atomic E-state index is -0.0307. The fourth-order valence-corrected chi connectivity index (χ4v) is 2.56. The van der Waals surface area contributed by atoms with Gasteiger partial charge in [0, 0.05) is 5.56 Å². The molecule has 2 atom stereocenters. The molecule has 0 radical (unpaired) electrons. The fourth-order valence-electron chi connectivity index (χ4n) is 2.56. The van der Waals surface area contributed by atoms with Crippen LogP contribution in [0.3, 0.4) is 0 Å². The fraction of sp³-hybridized carbons (Fsp3) is 0.400. The largest absolute Gasteiger partial charge is 0.278 e. The summed E-state index contributed by atoms with van der Waals surface area (Å²) in [6, 6.07) is 9.44. The van der Waals surface area contributed by atoms with Gasteiger partial charge in [-0.25, -0.2) is 5.06 Å². The van der Waals surface area contributed by atoms with E-state index in [-0.39, 0.29) is 18.1 Å². The molecule has 1 fully saturated rings. The summed E-state index contributed by atoms with van der Waals surface area (Å²) in [5.41, 5.74) is 0.692. The molecule has 0 spiro atoms. The highest BCUT2D eigenvalue weighted by atomic mass is 16.7. The van der Waals surface area contributed by atoms with E-state index in [0.29, 0.717) is 5.56 Å². The third-order valence-corrected chi connectivity index (χ3v) is 3.56. The molecule has 3 aliphatic rings. The third kappa shape index (κ3) is 2.18. The summed E-state index contributed by atoms with van der Waals surface area (Å²) in [5, 5.41) is 1.57. The lowest BCUT2D eigenvalue weighted by molar-refractivity contribution is -0.179. The molecule has 3 heteroatoms. The van der Waals surface area contributed by atoms with Gasteiger partial charge in [0.05, 0.1) is 6.04 Å². The average molecular weight is 243 g/mol. The van der Waals surface area contributed by atoms with Gasteiger partial charge in [0.15, 0.2) is 0 Å². The van der Waals surface area contributed by atoms with Crippen molar-refractivity contribution in [2.24, 2.45) is 0 Å². The Morgan fingerprint density at radius 3 is 2.72 bits per heavy atom. The van der Waals surface area contributed by atoms with Gasteiger partial charge in [0.2, 0.25) is 0 Å². The molecule has 0 saturated carbocycles. The zero-order valence-electron chi connectivity index (χ0n) is 10.3. The maximum absolute atomic E-state index is 12.4. The molecule has 0 N–H and O–H groups in total. The van der Waals surface area contributed by atoms with E-state index in [1.807, 2.05) is 30.3 Å². The van der Waals surface area contributed by atoms with Crippen molar-refractivity contribution < 1.29 is 9.63 Å². The summed E-state index contributed by atoms with van der Waals surface area (Å²) in [6.07, 6.45) is 8.61. The van der Waals surface area contributed by atoms with Crippen molar-refractivity contribution in [3.8, 4) is 0 Å². The first kappa shape index (κ1) is 11.5. The Balaban J connectivity index is 1.84. The predicted octanol–water partition coefficient (Wildman–Crippen LogP) is 2.94. The summed E-state index contributed by atoms with van der Waals surface area (Å²) < 4.78 is 0. The van der Waals surface area contributed by atoms with E-state index >= 15 is 0 Å². The summed E-state index contributed by atoms with van der Waals surface area (Å²) in [7, 11) is 0. The molecule has 1 aliphatic carbocycles. The molecule has 18 heavy (non-hydrogen) atoms. The zero-order valence-corrected chi connectivity index (χ0v) is 10.3. The quantitative estimate of drug-likeness (QED) is 0.710. The molecule has 1 aromatic rings. The van der Waals surface area contributed by atoms with Gasteiger partial charge < -0.3 is 0 Å². The molecule has 0 unspecified atom stereocenters. The van der Waals surface area contributed by atoms with E-state index in [9.17, 15) is 4.79 Å². The first-order chi connectivity index (χ1) is 8.84. The van der Waals surface area contributed by atoms with Gasteiger partial charge in [-0.2, -0.15) is 0 Å². The highest BCUT2D eigenvalue weighted by Crippen LogP contribution is 2.26. The van der Waals surface area contributed by atoms with Gasteiger partial charge >= 0.3 is 0 Å². The number of hydrogen-bond acceptors (Lipinski definition) is 2. The van der Waals surface area contributed by atoms with Crippen molar-refractivity contribution in [3.63, 3.8) is 0 Å². The highest BCUT2D eigenvalue weighted by molar-refractivity contribution is 5.93. The Labute approximate surface area is 107 Å². The summed E-state index contributed by atoms with van der Waals surface area (Å²) in [5.74, 6) is -0.0307. The van der Waals surface area contributed by atoms with Crippen LogP contribution in [0.1, 0.15) is 36.0 Å². The molecule has 1 saturated heterocycles. The Hall–Kier alpha value is -1.61. The lowest BCUT2D eigenvalue weighted by Gasteiger charge is -2.37. The number of hydrogen-bond donors (Lipinski definition) is 0. The zero-order chi connectivity index (χ0) is 12.4. The van der Waals surface area contributed by atoms with Crippen molar-refractivity contribution in [2.75, 3.05) is 0 Å². The first-order valence-corrected chi connectivity index (χ1v) is 6.58. The number of amides is 1. The van der Waals surface area contributed by atoms with Crippen LogP contribution in [0.4, 0.5) is 0 Å². The Kier molecular flexibility index (Phi) is 3.15. The van der Waals surface area contributed by atoms with Crippen molar-refractivity contribution >= 4 is 5.91 Å². The minimum absolute atomic E-state index is 0.0307. The Bertz CT molecular complexity index is 455. The number of carbonyl (C=O) groups excluding carboxylic acids is 1. The maximum Gasteiger partial charge on any atom is 0.278 e. The highest BCUT2D eigenvalue weighted by Gasteiger charge is 2.31. The minimum Gasteiger partial charge on any atom is -0.267 e. The predicted molar refractivity (Wildman–Crippen MR) is 68.9 cm³/mol. The molecule has 1 aromatic carbocycles. The first-order valence-electron chi connectivity index (χ1n) is 6.58. The second-order valence-corrected chi connectivity index (χ2v) is 4.88. The van der Waals surface area contributed by atoms with Crippen LogP contribution in [0.25, 0.3) is 0 Å². The van der Waals surface area contributed by atoms with E-state index in [2.05, 4.69) is 12.2 Å². The number of carbonyl (C=O) groups is 1. The monoisotopic (exact) mass is 243 g/mol. The maximum atomic E-state index is 12.4. The topological polar surface area (TPSA) is 29.5 Å². The number of benzene rings is 1. The van der Waals surface area contributed by atoms with Crippen LogP contribution in [-0.2, 0) is 4.84 Å². The van der Waals surface area contributed by atoms with Gasteiger partial charge in [-0.15, -0.1) is 0 Å². The van der Waals surface area contributed by atoms with Crippen molar-refractivity contribution in [1.29, 1.82) is 0 Å². The van der Waals surface area contributed by atoms with Gasteiger partial charge in [0.1, 0.15) is 6.10 Å². The van der Waals surface area contributed by atoms with E-state index < -0.39 is 0 Å². The molecule has 2 aliphatic heterocycles. The van der Waals surface area contributed by atoms with E-state index in [4.69, 9.17) is 4.84 Å². The summed E-state index contributed by atoms with van der Waals surface area (Å²) in [4.78, 5) is 18.2. The number of fused-ring (bicyclic) bond motifs is 4. The molecule has 0 aromatic heterocycles. The summed E-state index contributed by atoms with van der Waals surface area (Å²) >= 11 is 0. The SMILES string of the molecule is O=C(c1ccccc1)N1O[C@H]2C=C[C@@H]1CCCC2. The van der Waals surface area contributed by atoms with Crippen LogP contribution in [0, 0.1) is 0 Å². The standard InChI is InChI=1S/C15H17NO2/c17-15(12-6-2-1-3-7-12)16-13-8-4-5-9-14(18-16)11-10-13/h1-3,6-7,10-11,13-14H,4-5,8-9H2/t13-,14+/m0/s1. The van der Waals surface area contributed by atoms with Crippen LogP contribution >= 0.6 is 0 Å². The lowest BCUT2D eigenvalue weighted by atomic mass is 9.98. The van der Waals surface area contributed by atoms with Crippen LogP contribution < -0.4 is 0 Å². The number of rotatable bonds is 1. The molecule has 1 amide bonds.